The fourth-order valence-corrected chi connectivity index (χ4v) is 5.36. The van der Waals surface area contributed by atoms with E-state index in [1.54, 1.807) is 60.9 Å². The molecule has 2 atom stereocenters. The summed E-state index contributed by atoms with van der Waals surface area (Å²) in [4.78, 5) is 45.4. The highest BCUT2D eigenvalue weighted by Gasteiger charge is 2.27. The lowest BCUT2D eigenvalue weighted by atomic mass is 9.99. The summed E-state index contributed by atoms with van der Waals surface area (Å²) < 4.78 is 0. The molecule has 2 amide bonds. The number of carbonyl (C=O) groups excluding carboxylic acids is 3. The third-order valence-corrected chi connectivity index (χ3v) is 7.65. The number of rotatable bonds is 7. The molecule has 2 aliphatic heterocycles. The Balaban J connectivity index is 1.26. The Morgan fingerprint density at radius 1 is 0.800 bits per heavy atom. The Morgan fingerprint density at radius 2 is 1.45 bits per heavy atom. The van der Waals surface area contributed by atoms with E-state index in [4.69, 9.17) is 0 Å². The average Bonchev–Trinajstić information content (AvgIpc) is 3.22. The number of pyridine rings is 1. The minimum absolute atomic E-state index is 0.0607. The van der Waals surface area contributed by atoms with Gasteiger partial charge in [0.25, 0.3) is 11.8 Å². The molecule has 0 spiro atoms. The van der Waals surface area contributed by atoms with E-state index in [0.717, 1.165) is 44.6 Å². The first-order valence-electron chi connectivity index (χ1n) is 13.9. The van der Waals surface area contributed by atoms with Crippen molar-refractivity contribution < 1.29 is 19.5 Å². The first kappa shape index (κ1) is 27.3. The molecule has 5 rings (SSSR count). The van der Waals surface area contributed by atoms with Crippen LogP contribution in [0.2, 0.25) is 0 Å². The van der Waals surface area contributed by atoms with Crippen LogP contribution in [-0.4, -0.2) is 66.0 Å². The Kier molecular flexibility index (Phi) is 8.71. The number of nitrogens with zero attached hydrogens (tertiary/aromatic N) is 2. The number of piperidine rings is 1. The standard InChI is InChI=1S/C31H35N5O4/c37-28-11-10-24(36-17-2-1-3-18-36)19-25(28)29(38)21-6-8-22(9-7-21)30(39)34-26-5-4-14-33-20-27(26)35-31(40)23-12-15-32-16-13-23/h6-13,15-16,19,26-27,33,37H,1-5,14,17-18,20H2,(H,34,39)(H,35,40). The first-order chi connectivity index (χ1) is 19.5. The number of benzene rings is 2. The number of phenols is 1. The minimum atomic E-state index is -0.294. The number of aromatic nitrogens is 1. The van der Waals surface area contributed by atoms with Gasteiger partial charge in [-0.05, 0) is 81.1 Å². The fourth-order valence-electron chi connectivity index (χ4n) is 5.36. The monoisotopic (exact) mass is 541 g/mol. The van der Waals surface area contributed by atoms with Gasteiger partial charge in [-0.3, -0.25) is 19.4 Å². The highest BCUT2D eigenvalue weighted by atomic mass is 16.3. The number of anilines is 1. The van der Waals surface area contributed by atoms with Gasteiger partial charge in [-0.2, -0.15) is 0 Å². The van der Waals surface area contributed by atoms with Crippen LogP contribution in [0.5, 0.6) is 5.75 Å². The summed E-state index contributed by atoms with van der Waals surface area (Å²) in [7, 11) is 0. The van der Waals surface area contributed by atoms with Crippen molar-refractivity contribution >= 4 is 23.3 Å². The van der Waals surface area contributed by atoms with Gasteiger partial charge in [0.2, 0.25) is 0 Å². The van der Waals surface area contributed by atoms with Crippen LogP contribution in [-0.2, 0) is 0 Å². The molecule has 9 nitrogen and oxygen atoms in total. The maximum atomic E-state index is 13.3. The summed E-state index contributed by atoms with van der Waals surface area (Å²) in [5.74, 6) is -0.846. The molecule has 2 aromatic carbocycles. The molecular weight excluding hydrogens is 506 g/mol. The van der Waals surface area contributed by atoms with Gasteiger partial charge in [0.1, 0.15) is 5.75 Å². The summed E-state index contributed by atoms with van der Waals surface area (Å²) in [5.41, 5.74) is 2.50. The normalized spacial score (nSPS) is 19.4. The molecule has 1 aromatic heterocycles. The largest absolute Gasteiger partial charge is 0.507 e. The Labute approximate surface area is 234 Å². The van der Waals surface area contributed by atoms with Crippen LogP contribution >= 0.6 is 0 Å². The summed E-state index contributed by atoms with van der Waals surface area (Å²) in [6.45, 7) is 3.22. The SMILES string of the molecule is O=C(NC1CCCNCC1NC(=O)c1ccncc1)c1ccc(C(=O)c2cc(N3CCCCC3)ccc2O)cc1. The number of carbonyl (C=O) groups is 3. The summed E-state index contributed by atoms with van der Waals surface area (Å²) >= 11 is 0. The zero-order valence-electron chi connectivity index (χ0n) is 22.4. The van der Waals surface area contributed by atoms with Crippen LogP contribution in [0, 0.1) is 0 Å². The van der Waals surface area contributed by atoms with Crippen LogP contribution in [0.25, 0.3) is 0 Å². The molecule has 3 heterocycles. The van der Waals surface area contributed by atoms with Gasteiger partial charge in [0, 0.05) is 54.4 Å². The zero-order chi connectivity index (χ0) is 27.9. The van der Waals surface area contributed by atoms with Crippen molar-refractivity contribution in [2.24, 2.45) is 0 Å². The minimum Gasteiger partial charge on any atom is -0.507 e. The van der Waals surface area contributed by atoms with E-state index in [0.29, 0.717) is 29.7 Å². The Hall–Kier alpha value is -4.24. The van der Waals surface area contributed by atoms with Crippen molar-refractivity contribution in [3.8, 4) is 5.75 Å². The van der Waals surface area contributed by atoms with E-state index in [1.807, 2.05) is 6.07 Å². The van der Waals surface area contributed by atoms with Crippen LogP contribution in [0.1, 0.15) is 68.7 Å². The van der Waals surface area contributed by atoms with Crippen molar-refractivity contribution in [2.75, 3.05) is 31.1 Å². The lowest BCUT2D eigenvalue weighted by Gasteiger charge is -2.29. The maximum absolute atomic E-state index is 13.3. The number of ketones is 1. The molecule has 4 N–H and O–H groups in total. The Morgan fingerprint density at radius 3 is 2.17 bits per heavy atom. The molecule has 2 unspecified atom stereocenters. The molecule has 0 bridgehead atoms. The number of aromatic hydroxyl groups is 1. The van der Waals surface area contributed by atoms with E-state index in [2.05, 4.69) is 25.8 Å². The first-order valence-corrected chi connectivity index (χ1v) is 13.9. The van der Waals surface area contributed by atoms with Crippen LogP contribution in [0.3, 0.4) is 0 Å². The number of amides is 2. The molecule has 208 valence electrons. The van der Waals surface area contributed by atoms with Crippen molar-refractivity contribution in [1.29, 1.82) is 0 Å². The van der Waals surface area contributed by atoms with Crippen molar-refractivity contribution in [2.45, 2.75) is 44.2 Å². The molecule has 9 heteroatoms. The maximum Gasteiger partial charge on any atom is 0.251 e. The quantitative estimate of drug-likeness (QED) is 0.339. The van der Waals surface area contributed by atoms with Gasteiger partial charge in [-0.1, -0.05) is 12.1 Å². The van der Waals surface area contributed by atoms with Gasteiger partial charge in [-0.25, -0.2) is 0 Å². The van der Waals surface area contributed by atoms with Gasteiger partial charge < -0.3 is 26.0 Å². The lowest BCUT2D eigenvalue weighted by molar-refractivity contribution is 0.0882. The number of hydrogen-bond donors (Lipinski definition) is 4. The molecular formula is C31H35N5O4. The predicted octanol–water partition coefficient (Wildman–Crippen LogP) is 3.29. The second-order valence-electron chi connectivity index (χ2n) is 10.4. The molecule has 0 saturated carbocycles. The van der Waals surface area contributed by atoms with Crippen LogP contribution in [0.15, 0.2) is 67.0 Å². The number of nitrogens with one attached hydrogen (secondary N) is 3. The predicted molar refractivity (Wildman–Crippen MR) is 153 cm³/mol. The van der Waals surface area contributed by atoms with E-state index in [-0.39, 0.29) is 41.0 Å². The Bertz CT molecular complexity index is 1340. The summed E-state index contributed by atoms with van der Waals surface area (Å²) in [5, 5.41) is 19.9. The molecule has 2 saturated heterocycles. The number of hydrogen-bond acceptors (Lipinski definition) is 7. The van der Waals surface area contributed by atoms with Crippen LogP contribution < -0.4 is 20.9 Å². The van der Waals surface area contributed by atoms with Crippen molar-refractivity contribution in [3.05, 3.63) is 89.2 Å². The van der Waals surface area contributed by atoms with Gasteiger partial charge in [-0.15, -0.1) is 0 Å². The third kappa shape index (κ3) is 6.48. The van der Waals surface area contributed by atoms with E-state index in [1.165, 1.54) is 6.42 Å². The third-order valence-electron chi connectivity index (χ3n) is 7.65. The second-order valence-corrected chi connectivity index (χ2v) is 10.4. The van der Waals surface area contributed by atoms with E-state index < -0.39 is 0 Å². The summed E-state index contributed by atoms with van der Waals surface area (Å²) in [6.07, 6.45) is 8.15. The van der Waals surface area contributed by atoms with Crippen molar-refractivity contribution in [1.82, 2.24) is 20.9 Å². The van der Waals surface area contributed by atoms with Gasteiger partial charge in [0.05, 0.1) is 17.6 Å². The summed E-state index contributed by atoms with van der Waals surface area (Å²) in [6, 6.07) is 14.4. The highest BCUT2D eigenvalue weighted by molar-refractivity contribution is 6.11. The van der Waals surface area contributed by atoms with Gasteiger partial charge in [0.15, 0.2) is 5.78 Å². The molecule has 3 aromatic rings. The van der Waals surface area contributed by atoms with E-state index in [9.17, 15) is 19.5 Å². The molecule has 2 aliphatic rings. The topological polar surface area (TPSA) is 124 Å². The zero-order valence-corrected chi connectivity index (χ0v) is 22.4. The smallest absolute Gasteiger partial charge is 0.251 e. The second kappa shape index (κ2) is 12.7. The highest BCUT2D eigenvalue weighted by Crippen LogP contribution is 2.28. The van der Waals surface area contributed by atoms with Crippen LogP contribution in [0.4, 0.5) is 5.69 Å². The number of phenolic OH excluding ortho intramolecular Hbond substituents is 1. The van der Waals surface area contributed by atoms with E-state index >= 15 is 0 Å². The molecule has 0 aliphatic carbocycles. The molecule has 40 heavy (non-hydrogen) atoms. The fraction of sp³-hybridized carbons (Fsp3) is 0.355. The molecule has 0 radical (unpaired) electrons. The lowest BCUT2D eigenvalue weighted by Crippen LogP contribution is -2.54. The van der Waals surface area contributed by atoms with Gasteiger partial charge >= 0.3 is 0 Å². The van der Waals surface area contributed by atoms with Crippen molar-refractivity contribution in [3.63, 3.8) is 0 Å². The average molecular weight is 542 g/mol. The molecule has 2 fully saturated rings.